The second kappa shape index (κ2) is 4.44. The summed E-state index contributed by atoms with van der Waals surface area (Å²) >= 11 is 0. The van der Waals surface area contributed by atoms with Gasteiger partial charge in [-0.25, -0.2) is 0 Å². The van der Waals surface area contributed by atoms with Gasteiger partial charge in [0.15, 0.2) is 0 Å². The highest BCUT2D eigenvalue weighted by atomic mass is 14.5. The van der Waals surface area contributed by atoms with Gasteiger partial charge in [-0.1, -0.05) is 19.1 Å². The quantitative estimate of drug-likeness (QED) is 0.540. The second-order valence-corrected chi connectivity index (χ2v) is 1.75. The molecule has 0 rings (SSSR count). The monoisotopic (exact) mass is 111 g/mol. The number of hydrogen-bond donors (Lipinski definition) is 1. The van der Waals surface area contributed by atoms with E-state index in [1.807, 2.05) is 19.1 Å². The highest BCUT2D eigenvalue weighted by Crippen LogP contribution is 1.83. The summed E-state index contributed by atoms with van der Waals surface area (Å²) in [4.78, 5) is 0. The molecule has 0 heterocycles. The van der Waals surface area contributed by atoms with Crippen molar-refractivity contribution in [1.82, 2.24) is 0 Å². The summed E-state index contributed by atoms with van der Waals surface area (Å²) in [5, 5.41) is 0. The van der Waals surface area contributed by atoms with Crippen LogP contribution in [0, 0.1) is 0 Å². The Kier molecular flexibility index (Phi) is 4.04. The lowest BCUT2D eigenvalue weighted by atomic mass is 10.3. The molecule has 0 amide bonds. The van der Waals surface area contributed by atoms with Gasteiger partial charge in [-0.15, -0.1) is 0 Å². The van der Waals surface area contributed by atoms with Gasteiger partial charge in [-0.3, -0.25) is 0 Å². The van der Waals surface area contributed by atoms with Crippen LogP contribution in [0.1, 0.15) is 20.3 Å². The predicted octanol–water partition coefficient (Wildman–Crippen LogP) is 1.82. The van der Waals surface area contributed by atoms with E-state index in [4.69, 9.17) is 5.73 Å². The van der Waals surface area contributed by atoms with Crippen LogP contribution < -0.4 is 5.73 Å². The van der Waals surface area contributed by atoms with E-state index >= 15 is 0 Å². The van der Waals surface area contributed by atoms with Crippen molar-refractivity contribution in [3.63, 3.8) is 0 Å². The molecule has 0 aromatic heterocycles. The third-order valence-electron chi connectivity index (χ3n) is 0.731. The highest BCUT2D eigenvalue weighted by molar-refractivity contribution is 5.06. The first-order chi connectivity index (χ1) is 3.77. The van der Waals surface area contributed by atoms with Gasteiger partial charge < -0.3 is 5.73 Å². The van der Waals surface area contributed by atoms with Gasteiger partial charge >= 0.3 is 0 Å². The Morgan fingerprint density at radius 3 is 2.62 bits per heavy atom. The molecule has 0 saturated carbocycles. The van der Waals surface area contributed by atoms with Crippen LogP contribution in [0.3, 0.4) is 0 Å². The molecule has 0 bridgehead atoms. The molecular weight excluding hydrogens is 98.1 g/mol. The van der Waals surface area contributed by atoms with E-state index in [0.717, 1.165) is 12.1 Å². The van der Waals surface area contributed by atoms with E-state index in [1.54, 1.807) is 0 Å². The SMILES string of the molecule is CC/C=C\C=C(\C)N. The fourth-order valence-electron chi connectivity index (χ4n) is 0.356. The zero-order valence-electron chi connectivity index (χ0n) is 5.52. The molecule has 0 aromatic rings. The molecule has 46 valence electrons. The van der Waals surface area contributed by atoms with Gasteiger partial charge in [0, 0.05) is 5.70 Å². The van der Waals surface area contributed by atoms with Gasteiger partial charge in [-0.2, -0.15) is 0 Å². The van der Waals surface area contributed by atoms with Crippen LogP contribution in [0.15, 0.2) is 23.9 Å². The third-order valence-corrected chi connectivity index (χ3v) is 0.731. The summed E-state index contributed by atoms with van der Waals surface area (Å²) in [5.41, 5.74) is 6.20. The van der Waals surface area contributed by atoms with Crippen molar-refractivity contribution in [3.05, 3.63) is 23.9 Å². The van der Waals surface area contributed by atoms with E-state index < -0.39 is 0 Å². The lowest BCUT2D eigenvalue weighted by molar-refractivity contribution is 1.22. The first kappa shape index (κ1) is 7.28. The van der Waals surface area contributed by atoms with Crippen LogP contribution in [0.25, 0.3) is 0 Å². The summed E-state index contributed by atoms with van der Waals surface area (Å²) < 4.78 is 0. The van der Waals surface area contributed by atoms with Crippen molar-refractivity contribution < 1.29 is 0 Å². The maximum absolute atomic E-state index is 5.34. The minimum atomic E-state index is 0.856. The largest absolute Gasteiger partial charge is 0.402 e. The van der Waals surface area contributed by atoms with E-state index in [0.29, 0.717) is 0 Å². The predicted molar refractivity (Wildman–Crippen MR) is 37.4 cm³/mol. The average molecular weight is 111 g/mol. The molecule has 0 aliphatic heterocycles. The van der Waals surface area contributed by atoms with E-state index in [9.17, 15) is 0 Å². The molecule has 0 fully saturated rings. The van der Waals surface area contributed by atoms with E-state index in [1.165, 1.54) is 0 Å². The molecule has 0 aromatic carbocycles. The van der Waals surface area contributed by atoms with Crippen LogP contribution in [0.4, 0.5) is 0 Å². The van der Waals surface area contributed by atoms with Crippen molar-refractivity contribution in [2.24, 2.45) is 5.73 Å². The van der Waals surface area contributed by atoms with Gasteiger partial charge in [0.2, 0.25) is 0 Å². The topological polar surface area (TPSA) is 26.0 Å². The number of nitrogens with two attached hydrogens (primary N) is 1. The lowest BCUT2D eigenvalue weighted by Gasteiger charge is -1.81. The van der Waals surface area contributed by atoms with Crippen molar-refractivity contribution in [2.45, 2.75) is 20.3 Å². The minimum absolute atomic E-state index is 0.856. The molecule has 0 aliphatic carbocycles. The molecule has 1 nitrogen and oxygen atoms in total. The molecule has 8 heavy (non-hydrogen) atoms. The molecular formula is C7H13N. The highest BCUT2D eigenvalue weighted by Gasteiger charge is 1.67. The fraction of sp³-hybridized carbons (Fsp3) is 0.429. The van der Waals surface area contributed by atoms with Crippen molar-refractivity contribution in [1.29, 1.82) is 0 Å². The summed E-state index contributed by atoms with van der Waals surface area (Å²) in [6.07, 6.45) is 7.00. The van der Waals surface area contributed by atoms with Crippen LogP contribution in [-0.4, -0.2) is 0 Å². The van der Waals surface area contributed by atoms with E-state index in [2.05, 4.69) is 13.0 Å². The van der Waals surface area contributed by atoms with Crippen molar-refractivity contribution in [2.75, 3.05) is 0 Å². The summed E-state index contributed by atoms with van der Waals surface area (Å²) in [6.45, 7) is 3.97. The Bertz CT molecular complexity index is 97.0. The van der Waals surface area contributed by atoms with Gasteiger partial charge in [0.05, 0.1) is 0 Å². The van der Waals surface area contributed by atoms with Crippen LogP contribution in [0.5, 0.6) is 0 Å². The summed E-state index contributed by atoms with van der Waals surface area (Å²) in [6, 6.07) is 0. The lowest BCUT2D eigenvalue weighted by Crippen LogP contribution is -1.87. The molecule has 0 unspecified atom stereocenters. The Morgan fingerprint density at radius 2 is 2.25 bits per heavy atom. The van der Waals surface area contributed by atoms with Gasteiger partial charge in [0.1, 0.15) is 0 Å². The number of hydrogen-bond acceptors (Lipinski definition) is 1. The smallest absolute Gasteiger partial charge is 0.00487 e. The Hall–Kier alpha value is -0.720. The Morgan fingerprint density at radius 1 is 1.62 bits per heavy atom. The number of rotatable bonds is 2. The third kappa shape index (κ3) is 5.28. The normalized spacial score (nSPS) is 13.0. The molecule has 0 spiro atoms. The second-order valence-electron chi connectivity index (χ2n) is 1.75. The molecule has 2 N–H and O–H groups in total. The maximum Gasteiger partial charge on any atom is 0.00487 e. The van der Waals surface area contributed by atoms with Gasteiger partial charge in [0.25, 0.3) is 0 Å². The maximum atomic E-state index is 5.34. The Labute approximate surface area is 50.9 Å². The zero-order valence-corrected chi connectivity index (χ0v) is 5.52. The van der Waals surface area contributed by atoms with Crippen molar-refractivity contribution >= 4 is 0 Å². The van der Waals surface area contributed by atoms with Crippen LogP contribution in [0.2, 0.25) is 0 Å². The molecule has 0 radical (unpaired) electrons. The fourth-order valence-corrected chi connectivity index (χ4v) is 0.356. The van der Waals surface area contributed by atoms with Crippen molar-refractivity contribution in [3.8, 4) is 0 Å². The zero-order chi connectivity index (χ0) is 6.41. The Balaban J connectivity index is 3.42. The number of allylic oxidation sites excluding steroid dienone is 4. The standard InChI is InChI=1S/C7H13N/c1-3-4-5-6-7(2)8/h4-6H,3,8H2,1-2H3/b5-4-,7-6-. The minimum Gasteiger partial charge on any atom is -0.402 e. The molecule has 0 aliphatic rings. The first-order valence-electron chi connectivity index (χ1n) is 2.86. The van der Waals surface area contributed by atoms with Crippen LogP contribution >= 0.6 is 0 Å². The summed E-state index contributed by atoms with van der Waals surface area (Å²) in [7, 11) is 0. The molecule has 0 atom stereocenters. The van der Waals surface area contributed by atoms with E-state index in [-0.39, 0.29) is 0 Å². The molecule has 1 heteroatoms. The summed E-state index contributed by atoms with van der Waals surface area (Å²) in [5.74, 6) is 0. The first-order valence-corrected chi connectivity index (χ1v) is 2.86. The van der Waals surface area contributed by atoms with Crippen LogP contribution in [-0.2, 0) is 0 Å². The average Bonchev–Trinajstić information content (AvgIpc) is 1.66. The molecule has 0 saturated heterocycles. The van der Waals surface area contributed by atoms with Gasteiger partial charge in [-0.05, 0) is 19.4 Å².